The molecule has 0 aliphatic rings. The predicted octanol–water partition coefficient (Wildman–Crippen LogP) is 2.92. The van der Waals surface area contributed by atoms with Crippen LogP contribution < -0.4 is 5.32 Å². The molecule has 128 valence electrons. The van der Waals surface area contributed by atoms with Crippen molar-refractivity contribution < 1.29 is 17.6 Å². The van der Waals surface area contributed by atoms with Crippen LogP contribution in [0.5, 0.6) is 0 Å². The minimum atomic E-state index is -3.25. The van der Waals surface area contributed by atoms with E-state index in [9.17, 15) is 17.6 Å². The molecule has 6 heteroatoms. The summed E-state index contributed by atoms with van der Waals surface area (Å²) in [6, 6.07) is 9.48. The smallest absolute Gasteiger partial charge is 0.252 e. The van der Waals surface area contributed by atoms with Gasteiger partial charge >= 0.3 is 0 Å². The third kappa shape index (κ3) is 4.64. The SMILES string of the molecule is Cc1cccc(C)c1C(=O)NCc1cc(F)ccc1CS(C)(=O)=O. The molecule has 0 aromatic heterocycles. The molecule has 0 saturated carbocycles. The Labute approximate surface area is 141 Å². The third-order valence-electron chi connectivity index (χ3n) is 3.73. The van der Waals surface area contributed by atoms with Crippen molar-refractivity contribution in [1.29, 1.82) is 0 Å². The van der Waals surface area contributed by atoms with Crippen LogP contribution in [-0.4, -0.2) is 20.6 Å². The molecule has 0 fully saturated rings. The van der Waals surface area contributed by atoms with Gasteiger partial charge < -0.3 is 5.32 Å². The molecule has 0 saturated heterocycles. The first kappa shape index (κ1) is 18.1. The Morgan fingerprint density at radius 1 is 1.08 bits per heavy atom. The zero-order valence-electron chi connectivity index (χ0n) is 13.9. The van der Waals surface area contributed by atoms with Crippen LogP contribution in [0.1, 0.15) is 32.6 Å². The first-order valence-corrected chi connectivity index (χ1v) is 9.53. The normalized spacial score (nSPS) is 11.3. The van der Waals surface area contributed by atoms with Gasteiger partial charge in [0.15, 0.2) is 9.84 Å². The van der Waals surface area contributed by atoms with Gasteiger partial charge in [0.25, 0.3) is 5.91 Å². The van der Waals surface area contributed by atoms with E-state index in [4.69, 9.17) is 0 Å². The predicted molar refractivity (Wildman–Crippen MR) is 92.0 cm³/mol. The summed E-state index contributed by atoms with van der Waals surface area (Å²) < 4.78 is 36.5. The molecule has 4 nitrogen and oxygen atoms in total. The van der Waals surface area contributed by atoms with Crippen molar-refractivity contribution in [3.05, 3.63) is 70.0 Å². The lowest BCUT2D eigenvalue weighted by Crippen LogP contribution is -2.25. The molecule has 0 radical (unpaired) electrons. The lowest BCUT2D eigenvalue weighted by Gasteiger charge is -2.13. The van der Waals surface area contributed by atoms with E-state index in [-0.39, 0.29) is 18.2 Å². The van der Waals surface area contributed by atoms with E-state index < -0.39 is 15.7 Å². The van der Waals surface area contributed by atoms with Crippen molar-refractivity contribution in [3.8, 4) is 0 Å². The lowest BCUT2D eigenvalue weighted by molar-refractivity contribution is 0.0949. The van der Waals surface area contributed by atoms with E-state index >= 15 is 0 Å². The van der Waals surface area contributed by atoms with Gasteiger partial charge in [-0.05, 0) is 48.2 Å². The first-order valence-electron chi connectivity index (χ1n) is 7.47. The van der Waals surface area contributed by atoms with Crippen LogP contribution in [0.25, 0.3) is 0 Å². The molecule has 0 heterocycles. The number of hydrogen-bond acceptors (Lipinski definition) is 3. The van der Waals surface area contributed by atoms with Crippen LogP contribution in [0.15, 0.2) is 36.4 Å². The Kier molecular flexibility index (Phi) is 5.39. The highest BCUT2D eigenvalue weighted by Gasteiger charge is 2.14. The molecule has 0 aliphatic carbocycles. The van der Waals surface area contributed by atoms with Crippen molar-refractivity contribution in [1.82, 2.24) is 5.32 Å². The number of sulfone groups is 1. The fourth-order valence-corrected chi connectivity index (χ4v) is 3.47. The summed E-state index contributed by atoms with van der Waals surface area (Å²) in [5, 5.41) is 2.75. The molecule has 0 atom stereocenters. The average Bonchev–Trinajstić information content (AvgIpc) is 2.46. The fourth-order valence-electron chi connectivity index (χ4n) is 2.62. The van der Waals surface area contributed by atoms with E-state index in [0.29, 0.717) is 16.7 Å². The van der Waals surface area contributed by atoms with Crippen molar-refractivity contribution in [2.24, 2.45) is 0 Å². The van der Waals surface area contributed by atoms with Crippen LogP contribution >= 0.6 is 0 Å². The number of carbonyl (C=O) groups excluding carboxylic acids is 1. The minimum absolute atomic E-state index is 0.0647. The number of aryl methyl sites for hydroxylation is 2. The largest absolute Gasteiger partial charge is 0.348 e. The molecule has 0 unspecified atom stereocenters. The molecule has 0 spiro atoms. The standard InChI is InChI=1S/C18H20FNO3S/c1-12-5-4-6-13(2)17(12)18(21)20-10-15-9-16(19)8-7-14(15)11-24(3,22)23/h4-9H,10-11H2,1-3H3,(H,20,21). The quantitative estimate of drug-likeness (QED) is 0.903. The van der Waals surface area contributed by atoms with Gasteiger partial charge in [0, 0.05) is 18.4 Å². The van der Waals surface area contributed by atoms with Gasteiger partial charge in [-0.1, -0.05) is 24.3 Å². The summed E-state index contributed by atoms with van der Waals surface area (Å²) in [5.74, 6) is -0.925. The van der Waals surface area contributed by atoms with E-state index in [1.54, 1.807) is 0 Å². The Balaban J connectivity index is 2.23. The average molecular weight is 349 g/mol. The van der Waals surface area contributed by atoms with Gasteiger partial charge in [0.05, 0.1) is 5.75 Å². The highest BCUT2D eigenvalue weighted by molar-refractivity contribution is 7.89. The van der Waals surface area contributed by atoms with Crippen molar-refractivity contribution in [2.45, 2.75) is 26.1 Å². The van der Waals surface area contributed by atoms with Gasteiger partial charge in [0.2, 0.25) is 0 Å². The Morgan fingerprint density at radius 2 is 1.71 bits per heavy atom. The molecule has 0 aliphatic heterocycles. The van der Waals surface area contributed by atoms with Gasteiger partial charge in [-0.15, -0.1) is 0 Å². The van der Waals surface area contributed by atoms with Gasteiger partial charge in [-0.2, -0.15) is 0 Å². The number of benzene rings is 2. The summed E-state index contributed by atoms with van der Waals surface area (Å²) in [5.41, 5.74) is 3.23. The molecule has 2 aromatic carbocycles. The van der Waals surface area contributed by atoms with Crippen LogP contribution in [0.2, 0.25) is 0 Å². The second-order valence-corrected chi connectivity index (χ2v) is 8.07. The maximum Gasteiger partial charge on any atom is 0.252 e. The van der Waals surface area contributed by atoms with Gasteiger partial charge in [-0.3, -0.25) is 4.79 Å². The van der Waals surface area contributed by atoms with E-state index in [1.165, 1.54) is 18.2 Å². The Morgan fingerprint density at radius 3 is 2.29 bits per heavy atom. The number of halogens is 1. The summed E-state index contributed by atoms with van der Waals surface area (Å²) in [7, 11) is -3.25. The molecule has 1 N–H and O–H groups in total. The monoisotopic (exact) mass is 349 g/mol. The van der Waals surface area contributed by atoms with E-state index in [2.05, 4.69) is 5.32 Å². The molecule has 0 bridgehead atoms. The second kappa shape index (κ2) is 7.13. The lowest BCUT2D eigenvalue weighted by atomic mass is 10.0. The Hall–Kier alpha value is -2.21. The number of amides is 1. The van der Waals surface area contributed by atoms with Crippen molar-refractivity contribution in [2.75, 3.05) is 6.26 Å². The maximum atomic E-state index is 13.5. The molecule has 2 aromatic rings. The van der Waals surface area contributed by atoms with Gasteiger partial charge in [-0.25, -0.2) is 12.8 Å². The third-order valence-corrected chi connectivity index (χ3v) is 4.57. The highest BCUT2D eigenvalue weighted by Crippen LogP contribution is 2.16. The zero-order valence-corrected chi connectivity index (χ0v) is 14.7. The molecule has 24 heavy (non-hydrogen) atoms. The second-order valence-electron chi connectivity index (χ2n) is 5.93. The molecule has 1 amide bonds. The van der Waals surface area contributed by atoms with E-state index in [1.807, 2.05) is 32.0 Å². The number of nitrogens with one attached hydrogen (secondary N) is 1. The first-order chi connectivity index (χ1) is 11.2. The summed E-state index contributed by atoms with van der Waals surface area (Å²) in [6.45, 7) is 3.76. The van der Waals surface area contributed by atoms with Crippen molar-refractivity contribution in [3.63, 3.8) is 0 Å². The fraction of sp³-hybridized carbons (Fsp3) is 0.278. The van der Waals surface area contributed by atoms with Crippen LogP contribution in [0.4, 0.5) is 4.39 Å². The van der Waals surface area contributed by atoms with Crippen LogP contribution in [-0.2, 0) is 22.1 Å². The van der Waals surface area contributed by atoms with Gasteiger partial charge in [0.1, 0.15) is 5.82 Å². The minimum Gasteiger partial charge on any atom is -0.348 e. The van der Waals surface area contributed by atoms with E-state index in [0.717, 1.165) is 17.4 Å². The zero-order chi connectivity index (χ0) is 17.9. The topological polar surface area (TPSA) is 63.2 Å². The number of hydrogen-bond donors (Lipinski definition) is 1. The molecule has 2 rings (SSSR count). The summed E-state index contributed by atoms with van der Waals surface area (Å²) >= 11 is 0. The maximum absolute atomic E-state index is 13.5. The number of carbonyl (C=O) groups is 1. The molecular weight excluding hydrogens is 329 g/mol. The summed E-state index contributed by atoms with van der Waals surface area (Å²) in [4.78, 5) is 12.4. The van der Waals surface area contributed by atoms with Crippen molar-refractivity contribution >= 4 is 15.7 Å². The van der Waals surface area contributed by atoms with Crippen LogP contribution in [0, 0.1) is 19.7 Å². The highest BCUT2D eigenvalue weighted by atomic mass is 32.2. The summed E-state index contributed by atoms with van der Waals surface area (Å²) in [6.07, 6.45) is 1.12. The van der Waals surface area contributed by atoms with Crippen LogP contribution in [0.3, 0.4) is 0 Å². The molecular formula is C18H20FNO3S. The Bertz CT molecular complexity index is 856. The number of rotatable bonds is 5.